The molecule has 0 aliphatic carbocycles. The summed E-state index contributed by atoms with van der Waals surface area (Å²) in [7, 11) is 0. The highest BCUT2D eigenvalue weighted by Crippen LogP contribution is 2.35. The number of nitrogens with zero attached hydrogens (tertiary/aromatic N) is 2. The number of hydrogen-bond acceptors (Lipinski definition) is 4. The molecule has 1 aromatic rings. The Labute approximate surface area is 112 Å². The molecule has 2 aliphatic heterocycles. The van der Waals surface area contributed by atoms with Gasteiger partial charge in [0.15, 0.2) is 5.96 Å². The second-order valence-electron chi connectivity index (χ2n) is 4.96. The third-order valence-corrected chi connectivity index (χ3v) is 4.11. The first-order chi connectivity index (χ1) is 8.71. The van der Waals surface area contributed by atoms with Crippen LogP contribution in [0.5, 0.6) is 0 Å². The van der Waals surface area contributed by atoms with E-state index in [1.54, 1.807) is 0 Å². The van der Waals surface area contributed by atoms with Gasteiger partial charge in [-0.3, -0.25) is 4.99 Å². The van der Waals surface area contributed by atoms with Gasteiger partial charge in [0.1, 0.15) is 0 Å². The van der Waals surface area contributed by atoms with Crippen LogP contribution in [0.15, 0.2) is 29.3 Å². The number of nitrogens with one attached hydrogen (secondary N) is 1. The van der Waals surface area contributed by atoms with Gasteiger partial charge in [-0.2, -0.15) is 0 Å². The first-order valence-electron chi connectivity index (χ1n) is 6.28. The average Bonchev–Trinajstić information content (AvgIpc) is 2.69. The third-order valence-electron chi connectivity index (χ3n) is 3.86. The van der Waals surface area contributed by atoms with Crippen LogP contribution in [-0.4, -0.2) is 31.1 Å². The zero-order chi connectivity index (χ0) is 12.6. The van der Waals surface area contributed by atoms with E-state index in [9.17, 15) is 0 Å². The van der Waals surface area contributed by atoms with Crippen molar-refractivity contribution in [2.75, 3.05) is 24.5 Å². The summed E-state index contributed by atoms with van der Waals surface area (Å²) in [5.41, 5.74) is 7.22. The van der Waals surface area contributed by atoms with Gasteiger partial charge >= 0.3 is 0 Å². The maximum Gasteiger partial charge on any atom is 0.196 e. The zero-order valence-electron chi connectivity index (χ0n) is 10.2. The van der Waals surface area contributed by atoms with Crippen LogP contribution >= 0.6 is 11.6 Å². The van der Waals surface area contributed by atoms with Crippen LogP contribution in [0, 0.1) is 0 Å². The predicted molar refractivity (Wildman–Crippen MR) is 75.3 cm³/mol. The van der Waals surface area contributed by atoms with Gasteiger partial charge in [0.05, 0.1) is 12.1 Å². The molecule has 1 aromatic carbocycles. The van der Waals surface area contributed by atoms with E-state index in [0.717, 1.165) is 43.2 Å². The van der Waals surface area contributed by atoms with Crippen LogP contribution in [-0.2, 0) is 0 Å². The molecule has 1 saturated heterocycles. The summed E-state index contributed by atoms with van der Waals surface area (Å²) in [5, 5.41) is 4.14. The molecule has 3 N–H and O–H groups in total. The van der Waals surface area contributed by atoms with Crippen LogP contribution in [0.3, 0.4) is 0 Å². The first-order valence-corrected chi connectivity index (χ1v) is 6.66. The number of halogens is 1. The highest BCUT2D eigenvalue weighted by atomic mass is 35.5. The molecule has 1 spiro atoms. The van der Waals surface area contributed by atoms with Gasteiger partial charge in [0.2, 0.25) is 0 Å². The van der Waals surface area contributed by atoms with Gasteiger partial charge in [-0.1, -0.05) is 11.6 Å². The summed E-state index contributed by atoms with van der Waals surface area (Å²) in [4.78, 5) is 6.64. The maximum atomic E-state index is 6.08. The van der Waals surface area contributed by atoms with Crippen molar-refractivity contribution in [2.24, 2.45) is 10.7 Å². The number of piperidine rings is 1. The van der Waals surface area contributed by atoms with Crippen molar-refractivity contribution in [3.63, 3.8) is 0 Å². The van der Waals surface area contributed by atoms with E-state index in [1.807, 2.05) is 24.3 Å². The summed E-state index contributed by atoms with van der Waals surface area (Å²) < 4.78 is 0. The lowest BCUT2D eigenvalue weighted by molar-refractivity contribution is 0.332. The number of rotatable bonds is 1. The SMILES string of the molecule is NC1=NCC2(CCNCC2)N1c1ccc(Cl)cc1. The molecular formula is C13H17ClN4. The zero-order valence-corrected chi connectivity index (χ0v) is 11.0. The van der Waals surface area contributed by atoms with Crippen LogP contribution in [0.1, 0.15) is 12.8 Å². The van der Waals surface area contributed by atoms with E-state index in [0.29, 0.717) is 5.96 Å². The topological polar surface area (TPSA) is 53.6 Å². The second kappa shape index (κ2) is 4.44. The van der Waals surface area contributed by atoms with Gasteiger partial charge in [-0.15, -0.1) is 0 Å². The number of anilines is 1. The molecule has 0 atom stereocenters. The summed E-state index contributed by atoms with van der Waals surface area (Å²) in [6.07, 6.45) is 2.14. The van der Waals surface area contributed by atoms with Crippen molar-refractivity contribution in [2.45, 2.75) is 18.4 Å². The van der Waals surface area contributed by atoms with Gasteiger partial charge in [-0.25, -0.2) is 0 Å². The number of aliphatic imine (C=N–C) groups is 1. The lowest BCUT2D eigenvalue weighted by Crippen LogP contribution is -2.56. The Balaban J connectivity index is 1.96. The molecular weight excluding hydrogens is 248 g/mol. The molecule has 0 aromatic heterocycles. The van der Waals surface area contributed by atoms with Crippen LogP contribution in [0.4, 0.5) is 5.69 Å². The number of hydrogen-bond donors (Lipinski definition) is 2. The van der Waals surface area contributed by atoms with E-state index in [4.69, 9.17) is 17.3 Å². The monoisotopic (exact) mass is 264 g/mol. The Morgan fingerprint density at radius 2 is 1.89 bits per heavy atom. The van der Waals surface area contributed by atoms with Crippen molar-refractivity contribution in [3.05, 3.63) is 29.3 Å². The maximum absolute atomic E-state index is 6.08. The van der Waals surface area contributed by atoms with Gasteiger partial charge in [0, 0.05) is 10.7 Å². The minimum atomic E-state index is 0.0587. The molecule has 4 nitrogen and oxygen atoms in total. The molecule has 0 radical (unpaired) electrons. The Bertz CT molecular complexity index is 462. The number of benzene rings is 1. The molecule has 1 fully saturated rings. The summed E-state index contributed by atoms with van der Waals surface area (Å²) in [6.45, 7) is 2.84. The molecule has 2 aliphatic rings. The van der Waals surface area contributed by atoms with E-state index in [1.165, 1.54) is 0 Å². The fourth-order valence-electron chi connectivity index (χ4n) is 2.88. The van der Waals surface area contributed by atoms with Crippen molar-refractivity contribution in [1.82, 2.24) is 5.32 Å². The largest absolute Gasteiger partial charge is 0.369 e. The highest BCUT2D eigenvalue weighted by Gasteiger charge is 2.43. The third kappa shape index (κ3) is 1.85. The second-order valence-corrected chi connectivity index (χ2v) is 5.40. The molecule has 96 valence electrons. The van der Waals surface area contributed by atoms with E-state index >= 15 is 0 Å². The molecule has 3 rings (SSSR count). The Hall–Kier alpha value is -1.26. The normalized spacial score (nSPS) is 22.3. The summed E-state index contributed by atoms with van der Waals surface area (Å²) >= 11 is 5.94. The standard InChI is InChI=1S/C13H17ClN4/c14-10-1-3-11(4-2-10)18-12(15)17-9-13(18)5-7-16-8-6-13/h1-4,16H,5-9H2,(H2,15,17). The predicted octanol–water partition coefficient (Wildman–Crippen LogP) is 1.60. The minimum Gasteiger partial charge on any atom is -0.369 e. The van der Waals surface area contributed by atoms with E-state index in [-0.39, 0.29) is 5.54 Å². The quantitative estimate of drug-likeness (QED) is 0.810. The fraction of sp³-hybridized carbons (Fsp3) is 0.462. The summed E-state index contributed by atoms with van der Waals surface area (Å²) in [6, 6.07) is 7.83. The fourth-order valence-corrected chi connectivity index (χ4v) is 3.01. The molecule has 0 unspecified atom stereocenters. The van der Waals surface area contributed by atoms with Crippen LogP contribution < -0.4 is 16.0 Å². The smallest absolute Gasteiger partial charge is 0.196 e. The van der Waals surface area contributed by atoms with Crippen molar-refractivity contribution < 1.29 is 0 Å². The Morgan fingerprint density at radius 3 is 2.56 bits per heavy atom. The van der Waals surface area contributed by atoms with E-state index in [2.05, 4.69) is 15.2 Å². The van der Waals surface area contributed by atoms with Gasteiger partial charge < -0.3 is 16.0 Å². The van der Waals surface area contributed by atoms with E-state index < -0.39 is 0 Å². The molecule has 18 heavy (non-hydrogen) atoms. The van der Waals surface area contributed by atoms with Crippen molar-refractivity contribution in [1.29, 1.82) is 0 Å². The van der Waals surface area contributed by atoms with Crippen LogP contribution in [0.2, 0.25) is 5.02 Å². The molecule has 0 bridgehead atoms. The summed E-state index contributed by atoms with van der Waals surface area (Å²) in [5.74, 6) is 0.624. The minimum absolute atomic E-state index is 0.0587. The first kappa shape index (κ1) is 11.8. The molecule has 0 amide bonds. The molecule has 0 saturated carbocycles. The van der Waals surface area contributed by atoms with Crippen molar-refractivity contribution in [3.8, 4) is 0 Å². The van der Waals surface area contributed by atoms with Crippen molar-refractivity contribution >= 4 is 23.2 Å². The molecule has 5 heteroatoms. The average molecular weight is 265 g/mol. The Morgan fingerprint density at radius 1 is 1.22 bits per heavy atom. The number of guanidine groups is 1. The van der Waals surface area contributed by atoms with Crippen LogP contribution in [0.25, 0.3) is 0 Å². The Kier molecular flexibility index (Phi) is 2.92. The van der Waals surface area contributed by atoms with Gasteiger partial charge in [0.25, 0.3) is 0 Å². The number of nitrogens with two attached hydrogens (primary N) is 1. The van der Waals surface area contributed by atoms with Gasteiger partial charge in [-0.05, 0) is 50.2 Å². The lowest BCUT2D eigenvalue weighted by atomic mass is 9.87. The highest BCUT2D eigenvalue weighted by molar-refractivity contribution is 6.30. The molecule has 2 heterocycles. The lowest BCUT2D eigenvalue weighted by Gasteiger charge is -2.42.